The van der Waals surface area contributed by atoms with E-state index in [9.17, 15) is 4.79 Å². The molecule has 0 saturated carbocycles. The van der Waals surface area contributed by atoms with Crippen LogP contribution in [-0.2, 0) is 4.79 Å². The highest BCUT2D eigenvalue weighted by atomic mass is 16.2. The van der Waals surface area contributed by atoms with Crippen LogP contribution in [0.3, 0.4) is 0 Å². The number of carbonyl (C=O) groups is 1. The second kappa shape index (κ2) is 10.9. The van der Waals surface area contributed by atoms with E-state index in [1.165, 1.54) is 11.1 Å². The molecular formula is C25H33N3O. The summed E-state index contributed by atoms with van der Waals surface area (Å²) >= 11 is 0. The van der Waals surface area contributed by atoms with Gasteiger partial charge in [0, 0.05) is 39.3 Å². The number of hydrogen-bond donors (Lipinski definition) is 1. The van der Waals surface area contributed by atoms with Crippen LogP contribution in [0, 0.1) is 0 Å². The molecule has 0 spiro atoms. The van der Waals surface area contributed by atoms with Crippen molar-refractivity contribution in [3.05, 3.63) is 77.9 Å². The van der Waals surface area contributed by atoms with Crippen LogP contribution >= 0.6 is 0 Å². The van der Waals surface area contributed by atoms with E-state index in [-0.39, 0.29) is 11.9 Å². The first-order chi connectivity index (χ1) is 14.1. The molecule has 0 bridgehead atoms. The molecule has 2 unspecified atom stereocenters. The highest BCUT2D eigenvalue weighted by Crippen LogP contribution is 2.13. The zero-order valence-electron chi connectivity index (χ0n) is 17.6. The lowest BCUT2D eigenvalue weighted by atomic mass is 10.0. The molecule has 1 aliphatic heterocycles. The normalized spacial score (nSPS) is 17.9. The van der Waals surface area contributed by atoms with Gasteiger partial charge in [-0.25, -0.2) is 0 Å². The molecule has 2 atom stereocenters. The van der Waals surface area contributed by atoms with Gasteiger partial charge < -0.3 is 5.32 Å². The van der Waals surface area contributed by atoms with Crippen molar-refractivity contribution in [3.8, 4) is 0 Å². The Bertz CT molecular complexity index is 767. The predicted molar refractivity (Wildman–Crippen MR) is 121 cm³/mol. The first-order valence-electron chi connectivity index (χ1n) is 10.6. The maximum atomic E-state index is 12.6. The number of nitrogens with zero attached hydrogens (tertiary/aromatic N) is 2. The van der Waals surface area contributed by atoms with Gasteiger partial charge in [-0.3, -0.25) is 14.6 Å². The second-order valence-corrected chi connectivity index (χ2v) is 7.88. The quantitative estimate of drug-likeness (QED) is 0.746. The first-order valence-corrected chi connectivity index (χ1v) is 10.6. The highest BCUT2D eigenvalue weighted by Gasteiger charge is 2.25. The number of benzene rings is 2. The average molecular weight is 392 g/mol. The van der Waals surface area contributed by atoms with Crippen molar-refractivity contribution in [2.45, 2.75) is 25.8 Å². The minimum absolute atomic E-state index is 0.0833. The molecule has 1 heterocycles. The molecule has 0 radical (unpaired) electrons. The lowest BCUT2D eigenvalue weighted by Gasteiger charge is -2.37. The molecule has 2 aromatic rings. The Kier molecular flexibility index (Phi) is 8.03. The lowest BCUT2D eigenvalue weighted by molar-refractivity contribution is -0.126. The Morgan fingerprint density at radius 2 is 1.59 bits per heavy atom. The molecule has 3 rings (SSSR count). The van der Waals surface area contributed by atoms with Gasteiger partial charge in [0.25, 0.3) is 0 Å². The van der Waals surface area contributed by atoms with E-state index < -0.39 is 0 Å². The molecule has 0 aromatic heterocycles. The molecular weight excluding hydrogens is 358 g/mol. The van der Waals surface area contributed by atoms with Gasteiger partial charge in [-0.05, 0) is 24.0 Å². The maximum Gasteiger partial charge on any atom is 0.237 e. The number of amides is 1. The Hall–Kier alpha value is -2.43. The van der Waals surface area contributed by atoms with Gasteiger partial charge in [-0.15, -0.1) is 0 Å². The summed E-state index contributed by atoms with van der Waals surface area (Å²) in [5, 5.41) is 3.14. The van der Waals surface area contributed by atoms with Crippen molar-refractivity contribution in [2.75, 3.05) is 39.3 Å². The molecule has 1 saturated heterocycles. The Balaban J connectivity index is 1.38. The van der Waals surface area contributed by atoms with Gasteiger partial charge in [0.2, 0.25) is 5.91 Å². The molecule has 154 valence electrons. The molecule has 4 nitrogen and oxygen atoms in total. The number of piperazine rings is 1. The monoisotopic (exact) mass is 391 g/mol. The zero-order valence-corrected chi connectivity index (χ0v) is 17.6. The van der Waals surface area contributed by atoms with E-state index >= 15 is 0 Å². The van der Waals surface area contributed by atoms with Crippen molar-refractivity contribution in [1.29, 1.82) is 0 Å². The average Bonchev–Trinajstić information content (AvgIpc) is 2.78. The van der Waals surface area contributed by atoms with Gasteiger partial charge in [-0.1, -0.05) is 79.7 Å². The molecule has 1 N–H and O–H groups in total. The maximum absolute atomic E-state index is 12.6. The third-order valence-electron chi connectivity index (χ3n) is 5.76. The number of carbonyl (C=O) groups excluding carboxylic acids is 1. The summed E-state index contributed by atoms with van der Waals surface area (Å²) in [6.07, 6.45) is 4.41. The van der Waals surface area contributed by atoms with Crippen LogP contribution in [0.15, 0.2) is 66.7 Å². The van der Waals surface area contributed by atoms with Gasteiger partial charge >= 0.3 is 0 Å². The van der Waals surface area contributed by atoms with Crippen molar-refractivity contribution in [3.63, 3.8) is 0 Å². The summed E-state index contributed by atoms with van der Waals surface area (Å²) in [6, 6.07) is 20.7. The Morgan fingerprint density at radius 1 is 0.966 bits per heavy atom. The van der Waals surface area contributed by atoms with Gasteiger partial charge in [0.15, 0.2) is 0 Å². The SMILES string of the molecule is CC(CNC(=O)C(C)N1CCN(CC=Cc2ccccc2)CC1)c1ccccc1. The van der Waals surface area contributed by atoms with E-state index in [1.807, 2.05) is 31.2 Å². The summed E-state index contributed by atoms with van der Waals surface area (Å²) in [5.41, 5.74) is 2.50. The van der Waals surface area contributed by atoms with Crippen molar-refractivity contribution in [1.82, 2.24) is 15.1 Å². The summed E-state index contributed by atoms with van der Waals surface area (Å²) in [4.78, 5) is 17.3. The number of nitrogens with one attached hydrogen (secondary N) is 1. The van der Waals surface area contributed by atoms with Crippen LogP contribution in [0.2, 0.25) is 0 Å². The first kappa shape index (κ1) is 21.3. The topological polar surface area (TPSA) is 35.6 Å². The van der Waals surface area contributed by atoms with Crippen LogP contribution in [0.1, 0.15) is 30.9 Å². The van der Waals surface area contributed by atoms with Crippen LogP contribution < -0.4 is 5.32 Å². The number of hydrogen-bond acceptors (Lipinski definition) is 3. The predicted octanol–water partition coefficient (Wildman–Crippen LogP) is 3.63. The molecule has 1 fully saturated rings. The Labute approximate surface area is 175 Å². The fourth-order valence-corrected chi connectivity index (χ4v) is 3.70. The minimum atomic E-state index is -0.0833. The van der Waals surface area contributed by atoms with Gasteiger partial charge in [0.1, 0.15) is 0 Å². The summed E-state index contributed by atoms with van der Waals surface area (Å²) in [6.45, 7) is 9.67. The third-order valence-corrected chi connectivity index (χ3v) is 5.76. The fraction of sp³-hybridized carbons (Fsp3) is 0.400. The van der Waals surface area contributed by atoms with Gasteiger partial charge in [-0.2, -0.15) is 0 Å². The smallest absolute Gasteiger partial charge is 0.237 e. The van der Waals surface area contributed by atoms with Crippen LogP contribution in [-0.4, -0.2) is 61.0 Å². The van der Waals surface area contributed by atoms with Crippen molar-refractivity contribution >= 4 is 12.0 Å². The zero-order chi connectivity index (χ0) is 20.5. The minimum Gasteiger partial charge on any atom is -0.354 e. The van der Waals surface area contributed by atoms with Gasteiger partial charge in [0.05, 0.1) is 6.04 Å². The van der Waals surface area contributed by atoms with E-state index in [4.69, 9.17) is 0 Å². The molecule has 1 aliphatic rings. The molecule has 0 aliphatic carbocycles. The van der Waals surface area contributed by atoms with E-state index in [0.29, 0.717) is 12.5 Å². The second-order valence-electron chi connectivity index (χ2n) is 7.88. The summed E-state index contributed by atoms with van der Waals surface area (Å²) in [7, 11) is 0. The van der Waals surface area contributed by atoms with Crippen LogP contribution in [0.25, 0.3) is 6.08 Å². The van der Waals surface area contributed by atoms with Crippen molar-refractivity contribution < 1.29 is 4.79 Å². The van der Waals surface area contributed by atoms with E-state index in [2.05, 4.69) is 70.6 Å². The standard InChI is InChI=1S/C25H33N3O/c1-21(24-13-7-4-8-14-24)20-26-25(29)22(2)28-18-16-27(17-19-28)15-9-12-23-10-5-3-6-11-23/h3-14,21-22H,15-20H2,1-2H3,(H,26,29). The third kappa shape index (κ3) is 6.55. The summed E-state index contributed by atoms with van der Waals surface area (Å²) < 4.78 is 0. The fourth-order valence-electron chi connectivity index (χ4n) is 3.70. The molecule has 4 heteroatoms. The molecule has 29 heavy (non-hydrogen) atoms. The van der Waals surface area contributed by atoms with E-state index in [1.54, 1.807) is 0 Å². The Morgan fingerprint density at radius 3 is 2.24 bits per heavy atom. The largest absolute Gasteiger partial charge is 0.354 e. The van der Waals surface area contributed by atoms with E-state index in [0.717, 1.165) is 32.7 Å². The molecule has 1 amide bonds. The van der Waals surface area contributed by atoms with Crippen LogP contribution in [0.4, 0.5) is 0 Å². The van der Waals surface area contributed by atoms with Crippen molar-refractivity contribution in [2.24, 2.45) is 0 Å². The molecule has 2 aromatic carbocycles. The summed E-state index contributed by atoms with van der Waals surface area (Å²) in [5.74, 6) is 0.450. The van der Waals surface area contributed by atoms with Crippen LogP contribution in [0.5, 0.6) is 0 Å². The number of rotatable bonds is 8. The highest BCUT2D eigenvalue weighted by molar-refractivity contribution is 5.81. The lowest BCUT2D eigenvalue weighted by Crippen LogP contribution is -2.54.